The van der Waals surface area contributed by atoms with E-state index in [-0.39, 0.29) is 46.6 Å². The number of benzene rings is 1. The first-order valence-corrected chi connectivity index (χ1v) is 13.4. The number of nitrogens with one attached hydrogen (secondary N) is 1. The summed E-state index contributed by atoms with van der Waals surface area (Å²) in [4.78, 5) is 25.3. The molecule has 1 fully saturated rings. The van der Waals surface area contributed by atoms with Crippen LogP contribution in [0.4, 0.5) is 4.39 Å². The molecule has 0 radical (unpaired) electrons. The van der Waals surface area contributed by atoms with Gasteiger partial charge in [-0.25, -0.2) is 19.1 Å². The van der Waals surface area contributed by atoms with Gasteiger partial charge in [-0.3, -0.25) is 4.57 Å². The molecule has 1 atom stereocenters. The minimum Gasteiger partial charge on any atom is -0.511 e. The van der Waals surface area contributed by atoms with Crippen LogP contribution in [0.2, 0.25) is 0 Å². The van der Waals surface area contributed by atoms with Gasteiger partial charge in [0.1, 0.15) is 16.3 Å². The molecule has 196 valence electrons. The summed E-state index contributed by atoms with van der Waals surface area (Å²) >= 11 is 0.935. The predicted octanol–water partition coefficient (Wildman–Crippen LogP) is 5.45. The van der Waals surface area contributed by atoms with Gasteiger partial charge in [0.05, 0.1) is 6.10 Å². The molecule has 0 amide bonds. The maximum Gasteiger partial charge on any atom is 0.349 e. The van der Waals surface area contributed by atoms with E-state index in [1.54, 1.807) is 6.07 Å². The number of halogens is 1. The van der Waals surface area contributed by atoms with Crippen LogP contribution in [0.3, 0.4) is 0 Å². The third-order valence-electron chi connectivity index (χ3n) is 6.89. The lowest BCUT2D eigenvalue weighted by molar-refractivity contribution is -0.166. The highest BCUT2D eigenvalue weighted by Gasteiger charge is 2.48. The van der Waals surface area contributed by atoms with Crippen LogP contribution < -0.4 is 10.4 Å². The van der Waals surface area contributed by atoms with Gasteiger partial charge in [-0.15, -0.1) is 5.10 Å². The molecule has 0 saturated heterocycles. The maximum atomic E-state index is 14.6. The average Bonchev–Trinajstić information content (AvgIpc) is 3.47. The number of aromatic nitrogens is 3. The van der Waals surface area contributed by atoms with E-state index in [2.05, 4.69) is 10.2 Å². The number of nitrogens with zero attached hydrogens (tertiary/aromatic N) is 2. The number of aromatic amines is 1. The zero-order valence-corrected chi connectivity index (χ0v) is 22.0. The minimum atomic E-state index is -0.866. The lowest BCUT2D eigenvalue weighted by Crippen LogP contribution is -2.45. The van der Waals surface area contributed by atoms with Crippen molar-refractivity contribution in [2.24, 2.45) is 5.92 Å². The maximum absolute atomic E-state index is 14.6. The van der Waals surface area contributed by atoms with Crippen molar-refractivity contribution in [3.05, 3.63) is 50.7 Å². The normalized spacial score (nSPS) is 21.0. The fourth-order valence-electron chi connectivity index (χ4n) is 5.19. The van der Waals surface area contributed by atoms with Gasteiger partial charge in [0, 0.05) is 12.5 Å². The van der Waals surface area contributed by atoms with E-state index >= 15 is 0 Å². The third kappa shape index (κ3) is 5.48. The van der Waals surface area contributed by atoms with Crippen molar-refractivity contribution in [2.75, 3.05) is 0 Å². The van der Waals surface area contributed by atoms with Crippen LogP contribution in [0.15, 0.2) is 38.8 Å². The Bertz CT molecular complexity index is 1200. The van der Waals surface area contributed by atoms with Gasteiger partial charge in [-0.1, -0.05) is 18.9 Å². The summed E-state index contributed by atoms with van der Waals surface area (Å²) in [6.07, 6.45) is 4.91. The molecule has 2 aromatic rings. The summed E-state index contributed by atoms with van der Waals surface area (Å²) < 4.78 is 27.6. The van der Waals surface area contributed by atoms with E-state index in [0.29, 0.717) is 18.0 Å². The molecule has 1 saturated carbocycles. The van der Waals surface area contributed by atoms with E-state index in [4.69, 9.17) is 9.47 Å². The second-order valence-electron chi connectivity index (χ2n) is 10.2. The van der Waals surface area contributed by atoms with Crippen molar-refractivity contribution in [1.82, 2.24) is 14.8 Å². The Labute approximate surface area is 214 Å². The number of ether oxygens (including phenoxy) is 2. The quantitative estimate of drug-likeness (QED) is 0.424. The molecule has 1 aromatic heterocycles. The van der Waals surface area contributed by atoms with Crippen molar-refractivity contribution >= 4 is 17.7 Å². The molecule has 0 spiro atoms. The molecule has 1 aliphatic carbocycles. The Morgan fingerprint density at radius 2 is 2.00 bits per heavy atom. The standard InChI is InChI=1S/C26H34FN3O5S/c1-15(2)30-24(33)28-29-25(30)36-22-20(31)14-26(35-23(22)32,18-7-5-6-8-18)12-11-17-9-10-21(19(27)13-17)34-16(3)4/h9-10,13,15-16,18,31H,5-8,11-12,14H2,1-4H3,(H,28,33). The summed E-state index contributed by atoms with van der Waals surface area (Å²) in [7, 11) is 0. The lowest BCUT2D eigenvalue weighted by atomic mass is 9.77. The fourth-order valence-corrected chi connectivity index (χ4v) is 6.17. The van der Waals surface area contributed by atoms with Crippen LogP contribution in [0.5, 0.6) is 5.75 Å². The van der Waals surface area contributed by atoms with Crippen molar-refractivity contribution < 1.29 is 23.8 Å². The minimum absolute atomic E-state index is 0.0470. The predicted molar refractivity (Wildman–Crippen MR) is 135 cm³/mol. The first kappa shape index (κ1) is 26.3. The zero-order valence-electron chi connectivity index (χ0n) is 21.2. The van der Waals surface area contributed by atoms with Crippen LogP contribution in [0, 0.1) is 11.7 Å². The van der Waals surface area contributed by atoms with E-state index in [9.17, 15) is 19.1 Å². The molecule has 10 heteroatoms. The van der Waals surface area contributed by atoms with Crippen LogP contribution in [0.25, 0.3) is 0 Å². The fraction of sp³-hybridized carbons (Fsp3) is 0.577. The van der Waals surface area contributed by atoms with Gasteiger partial charge < -0.3 is 14.6 Å². The second-order valence-corrected chi connectivity index (χ2v) is 11.2. The second kappa shape index (κ2) is 10.7. The van der Waals surface area contributed by atoms with Gasteiger partial charge in [0.25, 0.3) is 0 Å². The molecule has 2 aliphatic rings. The van der Waals surface area contributed by atoms with Gasteiger partial charge in [-0.2, -0.15) is 0 Å². The molecule has 1 aliphatic heterocycles. The Balaban J connectivity index is 1.57. The first-order valence-electron chi connectivity index (χ1n) is 12.5. The number of aryl methyl sites for hydroxylation is 1. The third-order valence-corrected chi connectivity index (χ3v) is 7.96. The largest absolute Gasteiger partial charge is 0.511 e. The lowest BCUT2D eigenvalue weighted by Gasteiger charge is -2.41. The molecular weight excluding hydrogens is 485 g/mol. The summed E-state index contributed by atoms with van der Waals surface area (Å²) in [6, 6.07) is 4.75. The number of H-pyrrole nitrogens is 1. The number of hydrogen-bond acceptors (Lipinski definition) is 7. The molecule has 0 bridgehead atoms. The Morgan fingerprint density at radius 3 is 2.61 bits per heavy atom. The van der Waals surface area contributed by atoms with Gasteiger partial charge in [-0.05, 0) is 88.8 Å². The SMILES string of the molecule is CC(C)Oc1ccc(CCC2(C3CCCC3)CC(O)=C(Sc3n[nH]c(=O)n3C(C)C)C(=O)O2)cc1F. The highest BCUT2D eigenvalue weighted by molar-refractivity contribution is 8.03. The number of carbonyl (C=O) groups is 1. The highest BCUT2D eigenvalue weighted by atomic mass is 32.2. The van der Waals surface area contributed by atoms with Crippen LogP contribution >= 0.6 is 11.8 Å². The molecule has 1 aromatic carbocycles. The van der Waals surface area contributed by atoms with Gasteiger partial charge in [0.2, 0.25) is 0 Å². The van der Waals surface area contributed by atoms with Crippen LogP contribution in [-0.4, -0.2) is 37.5 Å². The monoisotopic (exact) mass is 519 g/mol. The van der Waals surface area contributed by atoms with Crippen LogP contribution in [-0.2, 0) is 16.0 Å². The summed E-state index contributed by atoms with van der Waals surface area (Å²) in [5.41, 5.74) is -0.471. The number of aliphatic hydroxyl groups excluding tert-OH is 1. The molecule has 36 heavy (non-hydrogen) atoms. The van der Waals surface area contributed by atoms with Crippen LogP contribution in [0.1, 0.15) is 77.8 Å². The van der Waals surface area contributed by atoms with E-state index in [1.807, 2.05) is 33.8 Å². The highest BCUT2D eigenvalue weighted by Crippen LogP contribution is 2.47. The number of esters is 1. The van der Waals surface area contributed by atoms with Gasteiger partial charge >= 0.3 is 11.7 Å². The molecule has 2 N–H and O–H groups in total. The topological polar surface area (TPSA) is 106 Å². The van der Waals surface area contributed by atoms with Crippen molar-refractivity contribution in [2.45, 2.75) is 95.5 Å². The van der Waals surface area contributed by atoms with Crippen molar-refractivity contribution in [3.63, 3.8) is 0 Å². The van der Waals surface area contributed by atoms with Crippen molar-refractivity contribution in [3.8, 4) is 5.75 Å². The summed E-state index contributed by atoms with van der Waals surface area (Å²) in [6.45, 7) is 7.36. The average molecular weight is 520 g/mol. The Kier molecular flexibility index (Phi) is 7.82. The summed E-state index contributed by atoms with van der Waals surface area (Å²) in [5, 5.41) is 17.8. The number of rotatable bonds is 9. The van der Waals surface area contributed by atoms with Gasteiger partial charge in [0.15, 0.2) is 16.7 Å². The molecular formula is C26H34FN3O5S. The number of aliphatic hydroxyl groups is 1. The number of thioether (sulfide) groups is 1. The number of cyclic esters (lactones) is 1. The molecule has 2 heterocycles. The molecule has 8 nitrogen and oxygen atoms in total. The molecule has 4 rings (SSSR count). The smallest absolute Gasteiger partial charge is 0.349 e. The van der Waals surface area contributed by atoms with E-state index in [0.717, 1.165) is 43.0 Å². The van der Waals surface area contributed by atoms with E-state index < -0.39 is 17.4 Å². The van der Waals surface area contributed by atoms with E-state index in [1.165, 1.54) is 10.6 Å². The Morgan fingerprint density at radius 1 is 1.28 bits per heavy atom. The number of hydrogen-bond donors (Lipinski definition) is 2. The van der Waals surface area contributed by atoms with Crippen molar-refractivity contribution in [1.29, 1.82) is 0 Å². The number of carbonyl (C=O) groups excluding carboxylic acids is 1. The first-order chi connectivity index (χ1) is 17.1. The summed E-state index contributed by atoms with van der Waals surface area (Å²) in [5.74, 6) is -0.769. The molecule has 1 unspecified atom stereocenters. The zero-order chi connectivity index (χ0) is 26.0. The Hall–Kier alpha value is -2.75.